The molecule has 0 aliphatic carbocycles. The lowest BCUT2D eigenvalue weighted by Crippen LogP contribution is -2.11. The van der Waals surface area contributed by atoms with Gasteiger partial charge in [0.25, 0.3) is 0 Å². The van der Waals surface area contributed by atoms with Crippen LogP contribution in [0.3, 0.4) is 0 Å². The average molecular weight is 739 g/mol. The topological polar surface area (TPSA) is 8.17 Å². The molecule has 11 aromatic rings. The van der Waals surface area contributed by atoms with Crippen LogP contribution in [0.4, 0.5) is 17.1 Å². The summed E-state index contributed by atoms with van der Waals surface area (Å²) in [6.45, 7) is 0. The fraction of sp³-hybridized carbons (Fsp3) is 0. The van der Waals surface area contributed by atoms with Crippen molar-refractivity contribution < 1.29 is 0 Å². The van der Waals surface area contributed by atoms with E-state index in [0.29, 0.717) is 0 Å². The fourth-order valence-corrected chi connectivity index (χ4v) is 8.89. The second-order valence-electron chi connectivity index (χ2n) is 14.9. The average Bonchev–Trinajstić information content (AvgIpc) is 3.63. The number of hydrogen-bond donors (Lipinski definition) is 0. The van der Waals surface area contributed by atoms with Gasteiger partial charge in [-0.05, 0) is 104 Å². The Morgan fingerprint density at radius 3 is 1.81 bits per heavy atom. The normalized spacial score (nSPS) is 11.4. The van der Waals surface area contributed by atoms with E-state index < -0.39 is 0 Å². The predicted octanol–water partition coefficient (Wildman–Crippen LogP) is 15.6. The summed E-state index contributed by atoms with van der Waals surface area (Å²) in [5.74, 6) is 0. The number of para-hydroxylation sites is 2. The molecule has 0 unspecified atom stereocenters. The van der Waals surface area contributed by atoms with Gasteiger partial charge in [-0.2, -0.15) is 0 Å². The molecule has 2 heteroatoms. The van der Waals surface area contributed by atoms with E-state index in [4.69, 9.17) is 0 Å². The number of benzene rings is 10. The van der Waals surface area contributed by atoms with Crippen molar-refractivity contribution in [2.45, 2.75) is 0 Å². The van der Waals surface area contributed by atoms with Gasteiger partial charge in [-0.25, -0.2) is 0 Å². The van der Waals surface area contributed by atoms with Gasteiger partial charge in [-0.1, -0.05) is 176 Å². The van der Waals surface area contributed by atoms with E-state index in [2.05, 4.69) is 240 Å². The van der Waals surface area contributed by atoms with Gasteiger partial charge in [0.05, 0.1) is 16.7 Å². The van der Waals surface area contributed by atoms with Crippen LogP contribution in [-0.2, 0) is 0 Å². The third kappa shape index (κ3) is 5.74. The second kappa shape index (κ2) is 14.1. The van der Waals surface area contributed by atoms with E-state index in [1.54, 1.807) is 0 Å². The summed E-state index contributed by atoms with van der Waals surface area (Å²) in [7, 11) is 0. The highest BCUT2D eigenvalue weighted by atomic mass is 15.1. The standard InChI is InChI=1S/C56H38N2/c1-3-17-41(18-4-1)50-27-11-12-30-53(50)57(46-25-13-22-43(37-46)49-28-14-21-40-19-9-10-26-48(40)49)47-34-35-52-55(38-47)58(45-23-5-2-6-24-45)54-31-15-29-51(56(52)54)44-33-32-39-16-7-8-20-42(39)36-44/h1-38H. The van der Waals surface area contributed by atoms with Gasteiger partial charge in [0, 0.05) is 33.4 Å². The van der Waals surface area contributed by atoms with Crippen LogP contribution in [0.5, 0.6) is 0 Å². The molecule has 0 N–H and O–H groups in total. The highest BCUT2D eigenvalue weighted by Gasteiger charge is 2.22. The molecule has 272 valence electrons. The smallest absolute Gasteiger partial charge is 0.0562 e. The maximum absolute atomic E-state index is 2.44. The maximum atomic E-state index is 2.44. The Kier molecular flexibility index (Phi) is 8.19. The van der Waals surface area contributed by atoms with Crippen molar-refractivity contribution in [3.05, 3.63) is 231 Å². The summed E-state index contributed by atoms with van der Waals surface area (Å²) in [5.41, 5.74) is 13.9. The van der Waals surface area contributed by atoms with Crippen LogP contribution in [0.2, 0.25) is 0 Å². The third-order valence-corrected chi connectivity index (χ3v) is 11.5. The number of hydrogen-bond acceptors (Lipinski definition) is 1. The third-order valence-electron chi connectivity index (χ3n) is 11.5. The summed E-state index contributed by atoms with van der Waals surface area (Å²) in [4.78, 5) is 2.44. The van der Waals surface area contributed by atoms with E-state index in [1.165, 1.54) is 71.2 Å². The quantitative estimate of drug-likeness (QED) is 0.158. The zero-order valence-corrected chi connectivity index (χ0v) is 31.8. The van der Waals surface area contributed by atoms with Crippen molar-refractivity contribution in [2.75, 3.05) is 4.90 Å². The summed E-state index contributed by atoms with van der Waals surface area (Å²) >= 11 is 0. The van der Waals surface area contributed by atoms with E-state index in [9.17, 15) is 0 Å². The molecule has 1 aromatic heterocycles. The van der Waals surface area contributed by atoms with Gasteiger partial charge < -0.3 is 9.47 Å². The Morgan fingerprint density at radius 1 is 0.310 bits per heavy atom. The van der Waals surface area contributed by atoms with Gasteiger partial charge in [-0.15, -0.1) is 0 Å². The van der Waals surface area contributed by atoms with Crippen molar-refractivity contribution in [3.63, 3.8) is 0 Å². The summed E-state index contributed by atoms with van der Waals surface area (Å²) in [5, 5.41) is 7.43. The largest absolute Gasteiger partial charge is 0.310 e. The van der Waals surface area contributed by atoms with Crippen molar-refractivity contribution in [2.24, 2.45) is 0 Å². The molecule has 0 amide bonds. The Morgan fingerprint density at radius 2 is 0.931 bits per heavy atom. The minimum Gasteiger partial charge on any atom is -0.310 e. The molecule has 11 rings (SSSR count). The summed E-state index contributed by atoms with van der Waals surface area (Å²) in [6, 6.07) is 83.8. The highest BCUT2D eigenvalue weighted by molar-refractivity contribution is 6.17. The van der Waals surface area contributed by atoms with Gasteiger partial charge >= 0.3 is 0 Å². The summed E-state index contributed by atoms with van der Waals surface area (Å²) < 4.78 is 2.44. The van der Waals surface area contributed by atoms with Crippen molar-refractivity contribution >= 4 is 60.4 Å². The number of rotatable bonds is 7. The lowest BCUT2D eigenvalue weighted by Gasteiger charge is -2.28. The van der Waals surface area contributed by atoms with Crippen LogP contribution in [0.25, 0.3) is 82.4 Å². The predicted molar refractivity (Wildman–Crippen MR) is 247 cm³/mol. The fourth-order valence-electron chi connectivity index (χ4n) is 8.89. The molecule has 10 aromatic carbocycles. The zero-order chi connectivity index (χ0) is 38.4. The van der Waals surface area contributed by atoms with Crippen LogP contribution in [0, 0.1) is 0 Å². The van der Waals surface area contributed by atoms with Gasteiger partial charge in [0.2, 0.25) is 0 Å². The van der Waals surface area contributed by atoms with Crippen LogP contribution in [0.15, 0.2) is 231 Å². The van der Waals surface area contributed by atoms with E-state index in [1.807, 2.05) is 0 Å². The van der Waals surface area contributed by atoms with Gasteiger partial charge in [0.1, 0.15) is 0 Å². The molecular formula is C56H38N2. The minimum absolute atomic E-state index is 1.08. The first-order valence-corrected chi connectivity index (χ1v) is 19.9. The van der Waals surface area contributed by atoms with E-state index >= 15 is 0 Å². The molecule has 58 heavy (non-hydrogen) atoms. The first kappa shape index (κ1) is 33.6. The Hall–Kier alpha value is -7.68. The van der Waals surface area contributed by atoms with E-state index in [0.717, 1.165) is 28.3 Å². The molecule has 0 saturated heterocycles. The molecule has 0 aliphatic heterocycles. The molecular weight excluding hydrogens is 701 g/mol. The SMILES string of the molecule is c1ccc(-c2ccccc2N(c2cccc(-c3cccc4ccccc34)c2)c2ccc3c4c(-c5ccc6ccccc6c5)cccc4n(-c4ccccc4)c3c2)cc1. The molecule has 0 atom stereocenters. The molecule has 0 bridgehead atoms. The first-order chi connectivity index (χ1) is 28.8. The molecule has 0 spiro atoms. The van der Waals surface area contributed by atoms with Crippen LogP contribution in [0.1, 0.15) is 0 Å². The zero-order valence-electron chi connectivity index (χ0n) is 31.8. The number of fused-ring (bicyclic) bond motifs is 5. The van der Waals surface area contributed by atoms with Crippen molar-refractivity contribution in [1.29, 1.82) is 0 Å². The summed E-state index contributed by atoms with van der Waals surface area (Å²) in [6.07, 6.45) is 0. The molecule has 1 heterocycles. The van der Waals surface area contributed by atoms with Crippen LogP contribution >= 0.6 is 0 Å². The van der Waals surface area contributed by atoms with Crippen molar-refractivity contribution in [1.82, 2.24) is 4.57 Å². The van der Waals surface area contributed by atoms with Gasteiger partial charge in [0.15, 0.2) is 0 Å². The van der Waals surface area contributed by atoms with Crippen molar-refractivity contribution in [3.8, 4) is 39.1 Å². The van der Waals surface area contributed by atoms with Crippen LogP contribution < -0.4 is 4.90 Å². The van der Waals surface area contributed by atoms with Crippen LogP contribution in [-0.4, -0.2) is 4.57 Å². The first-order valence-electron chi connectivity index (χ1n) is 19.9. The Balaban J connectivity index is 1.18. The Labute approximate surface area is 338 Å². The molecule has 0 aliphatic rings. The molecule has 0 fully saturated rings. The number of anilines is 3. The lowest BCUT2D eigenvalue weighted by molar-refractivity contribution is 1.18. The number of aromatic nitrogens is 1. The minimum atomic E-state index is 1.08. The lowest BCUT2D eigenvalue weighted by atomic mass is 9.96. The molecule has 2 nitrogen and oxygen atoms in total. The van der Waals surface area contributed by atoms with Gasteiger partial charge in [-0.3, -0.25) is 0 Å². The van der Waals surface area contributed by atoms with E-state index in [-0.39, 0.29) is 0 Å². The number of nitrogens with zero attached hydrogens (tertiary/aromatic N) is 2. The monoisotopic (exact) mass is 738 g/mol. The molecule has 0 saturated carbocycles. The maximum Gasteiger partial charge on any atom is 0.0562 e. The second-order valence-corrected chi connectivity index (χ2v) is 14.9. The molecule has 0 radical (unpaired) electrons. The Bertz CT molecular complexity index is 3280. The highest BCUT2D eigenvalue weighted by Crippen LogP contribution is 2.46.